The molecule has 1 heterocycles. The second kappa shape index (κ2) is 6.50. The molecule has 21 heavy (non-hydrogen) atoms. The summed E-state index contributed by atoms with van der Waals surface area (Å²) in [5, 5.41) is 3.95. The third-order valence-corrected chi connectivity index (χ3v) is 5.71. The standard InChI is InChI=1S/C19H30N2/c1-3-16(2)21-15-19(12-8-5-9-13-19)20-14-18(21)17-10-6-4-7-11-17/h4,6-7,10-11,16,18,20H,3,5,8-9,12-15H2,1-2H3. The van der Waals surface area contributed by atoms with Crippen LogP contribution in [-0.4, -0.2) is 29.6 Å². The van der Waals surface area contributed by atoms with Gasteiger partial charge in [-0.05, 0) is 31.7 Å². The van der Waals surface area contributed by atoms with E-state index in [-0.39, 0.29) is 0 Å². The molecule has 1 aliphatic carbocycles. The number of nitrogens with one attached hydrogen (secondary N) is 1. The fourth-order valence-corrected chi connectivity index (χ4v) is 4.19. The maximum absolute atomic E-state index is 3.95. The zero-order chi connectivity index (χ0) is 14.7. The highest BCUT2D eigenvalue weighted by Gasteiger charge is 2.41. The first-order chi connectivity index (χ1) is 10.2. The van der Waals surface area contributed by atoms with Crippen molar-refractivity contribution in [3.8, 4) is 0 Å². The van der Waals surface area contributed by atoms with E-state index in [1.54, 1.807) is 0 Å². The molecule has 1 N–H and O–H groups in total. The molecule has 1 aliphatic heterocycles. The van der Waals surface area contributed by atoms with Gasteiger partial charge in [-0.25, -0.2) is 0 Å². The lowest BCUT2D eigenvalue weighted by Crippen LogP contribution is -2.63. The molecular formula is C19H30N2. The molecular weight excluding hydrogens is 256 g/mol. The number of hydrogen-bond acceptors (Lipinski definition) is 2. The Morgan fingerprint density at radius 2 is 1.90 bits per heavy atom. The Morgan fingerprint density at radius 3 is 2.57 bits per heavy atom. The van der Waals surface area contributed by atoms with Crippen LogP contribution >= 0.6 is 0 Å². The summed E-state index contributed by atoms with van der Waals surface area (Å²) in [5.41, 5.74) is 1.86. The average molecular weight is 286 g/mol. The van der Waals surface area contributed by atoms with Crippen molar-refractivity contribution in [2.75, 3.05) is 13.1 Å². The van der Waals surface area contributed by atoms with Crippen LogP contribution in [0, 0.1) is 0 Å². The van der Waals surface area contributed by atoms with Crippen molar-refractivity contribution in [3.05, 3.63) is 35.9 Å². The van der Waals surface area contributed by atoms with Gasteiger partial charge in [0, 0.05) is 30.7 Å². The first kappa shape index (κ1) is 15.1. The molecule has 2 unspecified atom stereocenters. The zero-order valence-corrected chi connectivity index (χ0v) is 13.6. The minimum atomic E-state index is 0.396. The molecule has 0 aromatic heterocycles. The molecule has 0 amide bonds. The predicted molar refractivity (Wildman–Crippen MR) is 89.5 cm³/mol. The van der Waals surface area contributed by atoms with Crippen molar-refractivity contribution in [1.29, 1.82) is 0 Å². The molecule has 2 fully saturated rings. The first-order valence-electron chi connectivity index (χ1n) is 8.80. The van der Waals surface area contributed by atoms with E-state index in [9.17, 15) is 0 Å². The Bertz CT molecular complexity index is 436. The van der Waals surface area contributed by atoms with Gasteiger partial charge < -0.3 is 5.32 Å². The quantitative estimate of drug-likeness (QED) is 0.898. The van der Waals surface area contributed by atoms with Crippen molar-refractivity contribution in [3.63, 3.8) is 0 Å². The SMILES string of the molecule is CCC(C)N1CC2(CCCCC2)NCC1c1ccccc1. The van der Waals surface area contributed by atoms with Crippen LogP contribution in [0.15, 0.2) is 30.3 Å². The third kappa shape index (κ3) is 3.17. The van der Waals surface area contributed by atoms with E-state index in [0.29, 0.717) is 17.6 Å². The summed E-state index contributed by atoms with van der Waals surface area (Å²) < 4.78 is 0. The van der Waals surface area contributed by atoms with Crippen molar-refractivity contribution in [1.82, 2.24) is 10.2 Å². The summed E-state index contributed by atoms with van der Waals surface area (Å²) in [4.78, 5) is 2.77. The number of benzene rings is 1. The van der Waals surface area contributed by atoms with Gasteiger partial charge in [0.05, 0.1) is 0 Å². The molecule has 1 spiro atoms. The molecule has 1 aromatic carbocycles. The lowest BCUT2D eigenvalue weighted by Gasteiger charge is -2.51. The molecule has 0 bridgehead atoms. The number of nitrogens with zero attached hydrogens (tertiary/aromatic N) is 1. The zero-order valence-electron chi connectivity index (χ0n) is 13.6. The minimum absolute atomic E-state index is 0.396. The molecule has 2 heteroatoms. The summed E-state index contributed by atoms with van der Waals surface area (Å²) in [7, 11) is 0. The van der Waals surface area contributed by atoms with Gasteiger partial charge >= 0.3 is 0 Å². The van der Waals surface area contributed by atoms with Gasteiger partial charge in [-0.1, -0.05) is 56.5 Å². The normalized spacial score (nSPS) is 27.6. The van der Waals surface area contributed by atoms with E-state index < -0.39 is 0 Å². The van der Waals surface area contributed by atoms with Gasteiger partial charge in [0.2, 0.25) is 0 Å². The maximum Gasteiger partial charge on any atom is 0.0476 e. The smallest absolute Gasteiger partial charge is 0.0476 e. The van der Waals surface area contributed by atoms with E-state index in [1.807, 2.05) is 0 Å². The van der Waals surface area contributed by atoms with Crippen LogP contribution < -0.4 is 5.32 Å². The summed E-state index contributed by atoms with van der Waals surface area (Å²) in [6.07, 6.45) is 8.19. The fraction of sp³-hybridized carbons (Fsp3) is 0.684. The van der Waals surface area contributed by atoms with E-state index >= 15 is 0 Å². The number of rotatable bonds is 3. The summed E-state index contributed by atoms with van der Waals surface area (Å²) in [5.74, 6) is 0. The van der Waals surface area contributed by atoms with Gasteiger partial charge in [-0.3, -0.25) is 4.90 Å². The van der Waals surface area contributed by atoms with Crippen molar-refractivity contribution < 1.29 is 0 Å². The molecule has 2 nitrogen and oxygen atoms in total. The fourth-order valence-electron chi connectivity index (χ4n) is 4.19. The van der Waals surface area contributed by atoms with Crippen LogP contribution in [0.3, 0.4) is 0 Å². The second-order valence-electron chi connectivity index (χ2n) is 7.08. The molecule has 1 saturated heterocycles. The Hall–Kier alpha value is -0.860. The topological polar surface area (TPSA) is 15.3 Å². The minimum Gasteiger partial charge on any atom is -0.308 e. The average Bonchev–Trinajstić information content (AvgIpc) is 2.55. The molecule has 1 saturated carbocycles. The lowest BCUT2D eigenvalue weighted by molar-refractivity contribution is 0.0271. The highest BCUT2D eigenvalue weighted by molar-refractivity contribution is 5.21. The first-order valence-corrected chi connectivity index (χ1v) is 8.80. The van der Waals surface area contributed by atoms with E-state index in [2.05, 4.69) is 54.4 Å². The van der Waals surface area contributed by atoms with Crippen LogP contribution in [0.1, 0.15) is 64.0 Å². The molecule has 3 rings (SSSR count). The molecule has 1 aromatic rings. The highest BCUT2D eigenvalue weighted by Crippen LogP contribution is 2.36. The van der Waals surface area contributed by atoms with Crippen molar-refractivity contribution in [2.45, 2.75) is 70.0 Å². The lowest BCUT2D eigenvalue weighted by atomic mass is 9.78. The predicted octanol–water partition coefficient (Wildman–Crippen LogP) is 4.13. The van der Waals surface area contributed by atoms with Crippen LogP contribution in [0.5, 0.6) is 0 Å². The number of hydrogen-bond donors (Lipinski definition) is 1. The molecule has 0 radical (unpaired) electrons. The summed E-state index contributed by atoms with van der Waals surface area (Å²) in [6, 6.07) is 12.3. The van der Waals surface area contributed by atoms with Crippen LogP contribution in [-0.2, 0) is 0 Å². The van der Waals surface area contributed by atoms with Gasteiger partial charge in [0.15, 0.2) is 0 Å². The van der Waals surface area contributed by atoms with Crippen molar-refractivity contribution in [2.24, 2.45) is 0 Å². The monoisotopic (exact) mass is 286 g/mol. The second-order valence-corrected chi connectivity index (χ2v) is 7.08. The largest absolute Gasteiger partial charge is 0.308 e. The van der Waals surface area contributed by atoms with Gasteiger partial charge in [-0.15, -0.1) is 0 Å². The Labute approximate surface area is 129 Å². The van der Waals surface area contributed by atoms with Crippen LogP contribution in [0.2, 0.25) is 0 Å². The van der Waals surface area contributed by atoms with Crippen LogP contribution in [0.4, 0.5) is 0 Å². The van der Waals surface area contributed by atoms with Crippen LogP contribution in [0.25, 0.3) is 0 Å². The third-order valence-electron chi connectivity index (χ3n) is 5.71. The molecule has 116 valence electrons. The van der Waals surface area contributed by atoms with E-state index in [0.717, 1.165) is 6.54 Å². The Morgan fingerprint density at radius 1 is 1.19 bits per heavy atom. The van der Waals surface area contributed by atoms with Gasteiger partial charge in [0.1, 0.15) is 0 Å². The van der Waals surface area contributed by atoms with Gasteiger partial charge in [0.25, 0.3) is 0 Å². The molecule has 2 aliphatic rings. The summed E-state index contributed by atoms with van der Waals surface area (Å²) in [6.45, 7) is 7.05. The van der Waals surface area contributed by atoms with E-state index in [1.165, 1.54) is 50.6 Å². The number of piperazine rings is 1. The van der Waals surface area contributed by atoms with E-state index in [4.69, 9.17) is 0 Å². The summed E-state index contributed by atoms with van der Waals surface area (Å²) >= 11 is 0. The van der Waals surface area contributed by atoms with Crippen molar-refractivity contribution >= 4 is 0 Å². The highest BCUT2D eigenvalue weighted by atomic mass is 15.3. The Balaban J connectivity index is 1.82. The molecule has 2 atom stereocenters. The van der Waals surface area contributed by atoms with Gasteiger partial charge in [-0.2, -0.15) is 0 Å². The Kier molecular flexibility index (Phi) is 4.66. The maximum atomic E-state index is 3.95.